The SMILES string of the molecule is Cc1cc(-n2nc3c(c2-n2ccn(-c4ccc5c(c4)CCN=S5(C)=O)c2=O)[C@H](C)N(C(=O)c2cc4cc(C5CCOCC5)ccc4n2[C@@]2(c4noc(=O)[nH]4)C[C@@H]2C)CC3)cc(C)c1F. The second-order valence-electron chi connectivity index (χ2n) is 18.0. The van der Waals surface area contributed by atoms with Crippen LogP contribution in [0.5, 0.6) is 0 Å². The Balaban J connectivity index is 1.05. The van der Waals surface area contributed by atoms with Crippen molar-refractivity contribution in [2.75, 3.05) is 32.6 Å². The number of amides is 1. The molecule has 7 heterocycles. The monoisotopic (exact) mass is 885 g/mol. The Bertz CT molecular complexity index is 3310. The summed E-state index contributed by atoms with van der Waals surface area (Å²) in [6.07, 6.45) is 8.48. The van der Waals surface area contributed by atoms with Crippen LogP contribution in [0.15, 0.2) is 90.4 Å². The molecule has 0 radical (unpaired) electrons. The lowest BCUT2D eigenvalue weighted by atomic mass is 9.91. The zero-order valence-electron chi connectivity index (χ0n) is 36.3. The van der Waals surface area contributed by atoms with Crippen molar-refractivity contribution in [3.63, 3.8) is 0 Å². The Morgan fingerprint density at radius 2 is 1.70 bits per heavy atom. The van der Waals surface area contributed by atoms with Gasteiger partial charge in [0, 0.05) is 61.3 Å². The van der Waals surface area contributed by atoms with Gasteiger partial charge in [-0.3, -0.25) is 23.4 Å². The van der Waals surface area contributed by atoms with E-state index >= 15 is 9.18 Å². The Labute approximate surface area is 367 Å². The molecule has 1 aliphatic carbocycles. The van der Waals surface area contributed by atoms with Crippen LogP contribution in [0.1, 0.15) is 94.9 Å². The van der Waals surface area contributed by atoms with Crippen molar-refractivity contribution in [1.82, 2.24) is 38.5 Å². The molecule has 3 aromatic carbocycles. The summed E-state index contributed by atoms with van der Waals surface area (Å²) in [5, 5.41) is 10.2. The van der Waals surface area contributed by atoms with Gasteiger partial charge in [-0.15, -0.1) is 0 Å². The molecule has 64 heavy (non-hydrogen) atoms. The fourth-order valence-corrected chi connectivity index (χ4v) is 12.2. The van der Waals surface area contributed by atoms with E-state index in [4.69, 9.17) is 14.4 Å². The maximum Gasteiger partial charge on any atom is 0.438 e. The first-order valence-corrected chi connectivity index (χ1v) is 23.8. The van der Waals surface area contributed by atoms with Crippen LogP contribution in [0.25, 0.3) is 28.1 Å². The van der Waals surface area contributed by atoms with Crippen LogP contribution in [0.4, 0.5) is 4.39 Å². The van der Waals surface area contributed by atoms with E-state index < -0.39 is 27.1 Å². The number of nitrogens with zero attached hydrogens (tertiary/aromatic N) is 8. The smallest absolute Gasteiger partial charge is 0.381 e. The van der Waals surface area contributed by atoms with Crippen LogP contribution < -0.4 is 11.4 Å². The maximum atomic E-state index is 15.5. The number of hydrogen-bond donors (Lipinski definition) is 1. The van der Waals surface area contributed by atoms with Crippen LogP contribution in [-0.2, 0) is 32.8 Å². The highest BCUT2D eigenvalue weighted by Crippen LogP contribution is 2.56. The Morgan fingerprint density at radius 1 is 0.953 bits per heavy atom. The molecule has 0 bridgehead atoms. The van der Waals surface area contributed by atoms with Gasteiger partial charge >= 0.3 is 11.4 Å². The van der Waals surface area contributed by atoms with Gasteiger partial charge in [0.25, 0.3) is 5.91 Å². The third-order valence-corrected chi connectivity index (χ3v) is 16.0. The third-order valence-electron chi connectivity index (χ3n) is 14.1. The number of fused-ring (bicyclic) bond motifs is 3. The molecule has 4 aliphatic rings. The van der Waals surface area contributed by atoms with E-state index in [9.17, 15) is 13.8 Å². The average Bonchev–Trinajstić information content (AvgIpc) is 3.78. The summed E-state index contributed by atoms with van der Waals surface area (Å²) in [7, 11) is -2.53. The molecule has 0 spiro atoms. The molecule has 330 valence electrons. The van der Waals surface area contributed by atoms with Crippen molar-refractivity contribution in [2.45, 2.75) is 82.2 Å². The van der Waals surface area contributed by atoms with Gasteiger partial charge in [0.05, 0.1) is 44.3 Å². The predicted molar refractivity (Wildman–Crippen MR) is 237 cm³/mol. The number of carbonyl (C=O) groups excluding carboxylic acids is 1. The number of aryl methyl sites for hydroxylation is 2. The summed E-state index contributed by atoms with van der Waals surface area (Å²) in [5.74, 6) is -0.0374. The van der Waals surface area contributed by atoms with Crippen LogP contribution in [0.2, 0.25) is 0 Å². The fraction of sp³-hybridized carbons (Fsp3) is 0.383. The molecule has 1 saturated carbocycles. The lowest BCUT2D eigenvalue weighted by Gasteiger charge is -2.34. The highest BCUT2D eigenvalue weighted by Gasteiger charge is 2.59. The minimum absolute atomic E-state index is 0.0236. The van der Waals surface area contributed by atoms with Crippen LogP contribution in [-0.4, -0.2) is 81.2 Å². The second-order valence-corrected chi connectivity index (χ2v) is 20.3. The zero-order valence-corrected chi connectivity index (χ0v) is 37.1. The summed E-state index contributed by atoms with van der Waals surface area (Å²) in [4.78, 5) is 48.0. The van der Waals surface area contributed by atoms with Crippen molar-refractivity contribution in [3.05, 3.63) is 139 Å². The number of ether oxygens (including phenoxy) is 1. The number of hydrogen-bond acceptors (Lipinski definition) is 9. The van der Waals surface area contributed by atoms with Gasteiger partial charge in [0.15, 0.2) is 5.82 Å². The molecule has 1 saturated heterocycles. The summed E-state index contributed by atoms with van der Waals surface area (Å²) in [6.45, 7) is 9.60. The van der Waals surface area contributed by atoms with Crippen molar-refractivity contribution in [3.8, 4) is 17.2 Å². The summed E-state index contributed by atoms with van der Waals surface area (Å²) >= 11 is 0. The number of carbonyl (C=O) groups is 1. The second kappa shape index (κ2) is 14.6. The summed E-state index contributed by atoms with van der Waals surface area (Å²) < 4.78 is 50.2. The van der Waals surface area contributed by atoms with Crippen LogP contribution in [0.3, 0.4) is 0 Å². The van der Waals surface area contributed by atoms with Crippen molar-refractivity contribution >= 4 is 26.5 Å². The van der Waals surface area contributed by atoms with Gasteiger partial charge < -0.3 is 14.2 Å². The number of rotatable bonds is 7. The summed E-state index contributed by atoms with van der Waals surface area (Å²) in [5.41, 5.74) is 5.63. The lowest BCUT2D eigenvalue weighted by molar-refractivity contribution is 0.0663. The molecule has 1 N–H and O–H groups in total. The largest absolute Gasteiger partial charge is 0.438 e. The minimum atomic E-state index is -2.53. The van der Waals surface area contributed by atoms with Gasteiger partial charge in [0.1, 0.15) is 22.9 Å². The highest BCUT2D eigenvalue weighted by molar-refractivity contribution is 7.93. The first-order chi connectivity index (χ1) is 30.7. The standard InChI is InChI=1S/C47H48FN9O6S/c1-26-20-35(21-27(2)41(26)48)57-42(55-17-16-54(46(55)60)34-7-9-39-32(23-34)10-14-49-64(39,5)61)40-29(4)53(15-11-36(40)51-57)43(58)38-24-33-22-31(30-12-18-62-19-13-30)6-8-37(33)56(38)47(25-28(47)3)44-50-45(59)63-52-44/h6-9,16-17,20-24,28-30H,10-15,18-19,25H2,1-5H3,(H,50,52,59)/t28-,29-,47-,64?/m0/s1. The number of H-pyrrole nitrogens is 1. The van der Waals surface area contributed by atoms with Crippen molar-refractivity contribution < 1.29 is 22.7 Å². The molecule has 7 aromatic rings. The first kappa shape index (κ1) is 40.4. The molecular weight excluding hydrogens is 838 g/mol. The highest BCUT2D eigenvalue weighted by atomic mass is 32.2. The number of imidazole rings is 1. The van der Waals surface area contributed by atoms with Gasteiger partial charge in [-0.05, 0) is 129 Å². The van der Waals surface area contributed by atoms with E-state index in [1.165, 1.54) is 5.56 Å². The fourth-order valence-electron chi connectivity index (χ4n) is 10.6. The quantitative estimate of drug-likeness (QED) is 0.186. The Morgan fingerprint density at radius 3 is 2.42 bits per heavy atom. The molecule has 2 fully saturated rings. The van der Waals surface area contributed by atoms with Gasteiger partial charge in [0.2, 0.25) is 0 Å². The van der Waals surface area contributed by atoms with Crippen LogP contribution >= 0.6 is 0 Å². The number of aromatic amines is 1. The van der Waals surface area contributed by atoms with E-state index in [0.29, 0.717) is 102 Å². The molecule has 1 amide bonds. The van der Waals surface area contributed by atoms with Crippen molar-refractivity contribution in [2.24, 2.45) is 10.3 Å². The number of aromatic nitrogens is 7. The molecule has 17 heteroatoms. The number of nitrogens with one attached hydrogen (secondary N) is 1. The minimum Gasteiger partial charge on any atom is -0.381 e. The maximum absolute atomic E-state index is 15.5. The van der Waals surface area contributed by atoms with Crippen molar-refractivity contribution in [1.29, 1.82) is 0 Å². The third kappa shape index (κ3) is 6.14. The first-order valence-electron chi connectivity index (χ1n) is 21.9. The Hall–Kier alpha value is -6.33. The van der Waals surface area contributed by atoms with E-state index in [1.54, 1.807) is 70.6 Å². The Kier molecular flexibility index (Phi) is 9.23. The number of benzene rings is 3. The topological polar surface area (TPSA) is 168 Å². The normalized spacial score (nSPS) is 23.2. The van der Waals surface area contributed by atoms with Gasteiger partial charge in [-0.2, -0.15) is 5.10 Å². The molecule has 4 atom stereocenters. The molecule has 1 unspecified atom stereocenters. The van der Waals surface area contributed by atoms with Crippen LogP contribution in [0, 0.1) is 25.6 Å². The van der Waals surface area contributed by atoms with Gasteiger partial charge in [-0.25, -0.2) is 27.2 Å². The summed E-state index contributed by atoms with van der Waals surface area (Å²) in [6, 6.07) is 16.7. The molecule has 4 aromatic heterocycles. The van der Waals surface area contributed by atoms with E-state index in [-0.39, 0.29) is 23.3 Å². The van der Waals surface area contributed by atoms with E-state index in [1.807, 2.05) is 28.5 Å². The molecule has 15 nitrogen and oxygen atoms in total. The average molecular weight is 886 g/mol. The van der Waals surface area contributed by atoms with E-state index in [0.717, 1.165) is 35.0 Å². The van der Waals surface area contributed by atoms with E-state index in [2.05, 4.69) is 39.6 Å². The van der Waals surface area contributed by atoms with Gasteiger partial charge in [-0.1, -0.05) is 18.1 Å². The predicted octanol–water partition coefficient (Wildman–Crippen LogP) is 6.65. The molecular formula is C47H48FN9O6S. The zero-order chi connectivity index (χ0) is 44.4. The molecule has 3 aliphatic heterocycles. The lowest BCUT2D eigenvalue weighted by Crippen LogP contribution is -2.41. The number of halogens is 1. The molecule has 11 rings (SSSR count).